The molecule has 3 rings (SSSR count). The summed E-state index contributed by atoms with van der Waals surface area (Å²) in [6.45, 7) is 2.03. The number of rotatable bonds is 1. The molecule has 4 atom stereocenters. The van der Waals surface area contributed by atoms with E-state index in [2.05, 4.69) is 0 Å². The predicted octanol–water partition coefficient (Wildman–Crippen LogP) is 0.270. The van der Waals surface area contributed by atoms with Gasteiger partial charge in [-0.2, -0.15) is 0 Å². The Morgan fingerprint density at radius 3 is 3.00 bits per heavy atom. The van der Waals surface area contributed by atoms with Gasteiger partial charge in [-0.15, -0.1) is 0 Å². The van der Waals surface area contributed by atoms with Gasteiger partial charge in [-0.05, 0) is 19.8 Å². The lowest BCUT2D eigenvalue weighted by atomic mass is 9.63. The molecule has 3 fully saturated rings. The van der Waals surface area contributed by atoms with Crippen molar-refractivity contribution in [2.24, 2.45) is 11.3 Å². The smallest absolute Gasteiger partial charge is 0.315 e. The Hall–Kier alpha value is -1.10. The molecule has 1 spiro atoms. The molecule has 88 valence electrons. The molecule has 0 aliphatic carbocycles. The highest BCUT2D eigenvalue weighted by molar-refractivity contribution is 5.89. The standard InChI is InChI=1S/C11H14O5/c1-10(9(13)14-2)6-3-4-11(16-6)5-15-8(12)7(10)11/h6-7H,3-5H2,1-2H3/t6-,7-,10-,11+/m1/s1. The molecule has 5 nitrogen and oxygen atoms in total. The maximum Gasteiger partial charge on any atom is 0.315 e. The molecule has 0 saturated carbocycles. The van der Waals surface area contributed by atoms with Gasteiger partial charge in [-0.1, -0.05) is 0 Å². The molecule has 16 heavy (non-hydrogen) atoms. The van der Waals surface area contributed by atoms with Crippen molar-refractivity contribution < 1.29 is 23.8 Å². The summed E-state index contributed by atoms with van der Waals surface area (Å²) in [5, 5.41) is 0. The number of ether oxygens (including phenoxy) is 3. The van der Waals surface area contributed by atoms with Crippen LogP contribution in [0.2, 0.25) is 0 Å². The van der Waals surface area contributed by atoms with Gasteiger partial charge in [0.2, 0.25) is 0 Å². The molecule has 3 saturated heterocycles. The summed E-state index contributed by atoms with van der Waals surface area (Å²) >= 11 is 0. The highest BCUT2D eigenvalue weighted by Crippen LogP contribution is 2.61. The number of hydrogen-bond acceptors (Lipinski definition) is 5. The lowest BCUT2D eigenvalue weighted by molar-refractivity contribution is -0.164. The number of methoxy groups -OCH3 is 1. The van der Waals surface area contributed by atoms with Crippen molar-refractivity contribution in [3.05, 3.63) is 0 Å². The normalized spacial score (nSPS) is 49.0. The summed E-state index contributed by atoms with van der Waals surface area (Å²) in [4.78, 5) is 23.7. The van der Waals surface area contributed by atoms with Gasteiger partial charge in [-0.3, -0.25) is 9.59 Å². The van der Waals surface area contributed by atoms with E-state index in [-0.39, 0.29) is 24.6 Å². The number of esters is 2. The van der Waals surface area contributed by atoms with Gasteiger partial charge in [-0.25, -0.2) is 0 Å². The second-order valence-corrected chi connectivity index (χ2v) is 5.02. The Morgan fingerprint density at radius 2 is 2.31 bits per heavy atom. The van der Waals surface area contributed by atoms with Crippen LogP contribution in [0.15, 0.2) is 0 Å². The number of cyclic esters (lactones) is 1. The Labute approximate surface area is 93.0 Å². The van der Waals surface area contributed by atoms with Crippen LogP contribution < -0.4 is 0 Å². The van der Waals surface area contributed by atoms with Crippen LogP contribution in [0, 0.1) is 11.3 Å². The number of hydrogen-bond donors (Lipinski definition) is 0. The molecular weight excluding hydrogens is 212 g/mol. The molecule has 0 radical (unpaired) electrons. The van der Waals surface area contributed by atoms with Gasteiger partial charge < -0.3 is 14.2 Å². The highest BCUT2D eigenvalue weighted by atomic mass is 16.6. The fourth-order valence-electron chi connectivity index (χ4n) is 3.54. The molecule has 3 aliphatic rings. The van der Waals surface area contributed by atoms with Crippen molar-refractivity contribution in [1.82, 2.24) is 0 Å². The van der Waals surface area contributed by atoms with E-state index in [1.165, 1.54) is 7.11 Å². The summed E-state index contributed by atoms with van der Waals surface area (Å²) in [5.41, 5.74) is -1.44. The first-order valence-corrected chi connectivity index (χ1v) is 5.47. The van der Waals surface area contributed by atoms with Crippen molar-refractivity contribution in [2.45, 2.75) is 31.5 Å². The number of carbonyl (C=O) groups excluding carboxylic acids is 2. The molecule has 0 aromatic carbocycles. The van der Waals surface area contributed by atoms with Crippen LogP contribution in [0.1, 0.15) is 19.8 Å². The Bertz CT molecular complexity index is 379. The van der Waals surface area contributed by atoms with Crippen LogP contribution in [0.3, 0.4) is 0 Å². The van der Waals surface area contributed by atoms with E-state index in [0.29, 0.717) is 0 Å². The summed E-state index contributed by atoms with van der Waals surface area (Å²) in [7, 11) is 1.34. The molecule has 0 aromatic rings. The van der Waals surface area contributed by atoms with Crippen molar-refractivity contribution >= 4 is 11.9 Å². The molecule has 0 amide bonds. The second kappa shape index (κ2) is 2.77. The third-order valence-corrected chi connectivity index (χ3v) is 4.32. The molecule has 0 aromatic heterocycles. The van der Waals surface area contributed by atoms with Crippen LogP contribution in [0.25, 0.3) is 0 Å². The summed E-state index contributed by atoms with van der Waals surface area (Å²) in [6, 6.07) is 0. The third-order valence-electron chi connectivity index (χ3n) is 4.32. The van der Waals surface area contributed by atoms with Crippen molar-refractivity contribution in [2.75, 3.05) is 13.7 Å². The predicted molar refractivity (Wildman–Crippen MR) is 51.4 cm³/mol. The van der Waals surface area contributed by atoms with Crippen LogP contribution in [0.5, 0.6) is 0 Å². The zero-order valence-corrected chi connectivity index (χ0v) is 9.32. The topological polar surface area (TPSA) is 61.8 Å². The monoisotopic (exact) mass is 226 g/mol. The first kappa shape index (κ1) is 10.1. The third kappa shape index (κ3) is 0.867. The lowest BCUT2D eigenvalue weighted by Gasteiger charge is -2.33. The molecule has 3 heterocycles. The zero-order chi connectivity index (χ0) is 11.6. The highest BCUT2D eigenvalue weighted by Gasteiger charge is 2.74. The first-order chi connectivity index (χ1) is 7.54. The van der Waals surface area contributed by atoms with Gasteiger partial charge in [0.05, 0.1) is 13.2 Å². The summed E-state index contributed by atoms with van der Waals surface area (Å²) in [5.74, 6) is -1.19. The largest absolute Gasteiger partial charge is 0.469 e. The van der Waals surface area contributed by atoms with Crippen molar-refractivity contribution in [3.63, 3.8) is 0 Å². The number of carbonyl (C=O) groups is 2. The lowest BCUT2D eigenvalue weighted by Crippen LogP contribution is -2.49. The van der Waals surface area contributed by atoms with E-state index >= 15 is 0 Å². The zero-order valence-electron chi connectivity index (χ0n) is 9.32. The van der Waals surface area contributed by atoms with Crippen molar-refractivity contribution in [3.8, 4) is 0 Å². The molecular formula is C11H14O5. The van der Waals surface area contributed by atoms with Gasteiger partial charge >= 0.3 is 11.9 Å². The Morgan fingerprint density at radius 1 is 1.56 bits per heavy atom. The minimum Gasteiger partial charge on any atom is -0.469 e. The average Bonchev–Trinajstić information content (AvgIpc) is 2.90. The van der Waals surface area contributed by atoms with Gasteiger partial charge in [0.25, 0.3) is 0 Å². The maximum absolute atomic E-state index is 11.9. The fraction of sp³-hybridized carbons (Fsp3) is 0.818. The Balaban J connectivity index is 2.08. The van der Waals surface area contributed by atoms with Crippen LogP contribution in [-0.2, 0) is 23.8 Å². The van der Waals surface area contributed by atoms with E-state index in [1.807, 2.05) is 0 Å². The van der Waals surface area contributed by atoms with Gasteiger partial charge in [0.15, 0.2) is 0 Å². The summed E-state index contributed by atoms with van der Waals surface area (Å²) in [6.07, 6.45) is 1.37. The Kier molecular flexibility index (Phi) is 1.74. The molecule has 0 unspecified atom stereocenters. The quantitative estimate of drug-likeness (QED) is 0.600. The van der Waals surface area contributed by atoms with E-state index in [4.69, 9.17) is 14.2 Å². The van der Waals surface area contributed by atoms with Crippen molar-refractivity contribution in [1.29, 1.82) is 0 Å². The minimum atomic E-state index is -0.874. The minimum absolute atomic E-state index is 0.210. The molecule has 5 heteroatoms. The molecule has 2 bridgehead atoms. The maximum atomic E-state index is 11.9. The van der Waals surface area contributed by atoms with Crippen LogP contribution in [-0.4, -0.2) is 37.4 Å². The first-order valence-electron chi connectivity index (χ1n) is 5.47. The van der Waals surface area contributed by atoms with Crippen LogP contribution in [0.4, 0.5) is 0 Å². The second-order valence-electron chi connectivity index (χ2n) is 5.02. The molecule has 3 aliphatic heterocycles. The number of fused-ring (bicyclic) bond motifs is 1. The van der Waals surface area contributed by atoms with E-state index in [1.54, 1.807) is 6.92 Å². The SMILES string of the molecule is COC(=O)[C@]1(C)[C@H]2CC[C@@]3(COC(=O)[C@@H]31)O2. The van der Waals surface area contributed by atoms with E-state index in [9.17, 15) is 9.59 Å². The molecule has 0 N–H and O–H groups in total. The van der Waals surface area contributed by atoms with E-state index < -0.39 is 16.9 Å². The van der Waals surface area contributed by atoms with Gasteiger partial charge in [0, 0.05) is 0 Å². The van der Waals surface area contributed by atoms with Crippen LogP contribution >= 0.6 is 0 Å². The fourth-order valence-corrected chi connectivity index (χ4v) is 3.54. The van der Waals surface area contributed by atoms with Gasteiger partial charge in [0.1, 0.15) is 23.5 Å². The average molecular weight is 226 g/mol. The summed E-state index contributed by atoms with van der Waals surface area (Å²) < 4.78 is 15.7. The van der Waals surface area contributed by atoms with E-state index in [0.717, 1.165) is 12.8 Å².